The van der Waals surface area contributed by atoms with E-state index in [0.717, 1.165) is 0 Å². The number of carbonyl (C=O) groups excluding carboxylic acids is 5. The second kappa shape index (κ2) is 13.0. The van der Waals surface area contributed by atoms with Gasteiger partial charge in [-0.15, -0.1) is 0 Å². The molecule has 182 valence electrons. The van der Waals surface area contributed by atoms with Crippen LogP contribution in [0.3, 0.4) is 0 Å². The Morgan fingerprint density at radius 2 is 1.72 bits per heavy atom. The first kappa shape index (κ1) is 27.3. The number of rotatable bonds is 12. The molecule has 0 aromatic rings. The van der Waals surface area contributed by atoms with E-state index in [1.807, 2.05) is 20.8 Å². The van der Waals surface area contributed by atoms with Crippen LogP contribution >= 0.6 is 0 Å². The minimum absolute atomic E-state index is 0.0297. The fourth-order valence-corrected chi connectivity index (χ4v) is 3.30. The number of ether oxygens (including phenoxy) is 1. The van der Waals surface area contributed by atoms with Gasteiger partial charge in [-0.05, 0) is 24.7 Å². The van der Waals surface area contributed by atoms with Crippen LogP contribution in [0.2, 0.25) is 0 Å². The summed E-state index contributed by atoms with van der Waals surface area (Å²) in [5, 5.41) is 19.7. The molecule has 11 heteroatoms. The molecule has 11 nitrogen and oxygen atoms in total. The maximum Gasteiger partial charge on any atom is 0.328 e. The molecule has 32 heavy (non-hydrogen) atoms. The van der Waals surface area contributed by atoms with E-state index in [-0.39, 0.29) is 30.6 Å². The first-order valence-electron chi connectivity index (χ1n) is 10.9. The zero-order chi connectivity index (χ0) is 24.4. The Balaban J connectivity index is 2.87. The summed E-state index contributed by atoms with van der Waals surface area (Å²) >= 11 is 0. The molecule has 1 aliphatic rings. The number of methoxy groups -OCH3 is 1. The number of esters is 1. The standard InChI is InChI=1S/C21H36N4O7/c1-6-12(4)17(21(31)32-5)25-19(29)14(9-11(2)3)23-20(30)15(10-26)24-18(28)13-7-8-16(27)22-13/h11-15,17,26H,6-10H2,1-5H3,(H,22,27)(H,23,30)(H,24,28)(H,25,29)/t12-,13+,14-,15-,17-/m1/s1. The topological polar surface area (TPSA) is 163 Å². The number of aliphatic hydroxyl groups excluding tert-OH is 1. The van der Waals surface area contributed by atoms with Crippen LogP contribution in [0, 0.1) is 11.8 Å². The van der Waals surface area contributed by atoms with E-state index >= 15 is 0 Å². The van der Waals surface area contributed by atoms with Crippen molar-refractivity contribution in [1.29, 1.82) is 0 Å². The number of aliphatic hydroxyl groups is 1. The largest absolute Gasteiger partial charge is 0.467 e. The van der Waals surface area contributed by atoms with Crippen LogP contribution in [-0.2, 0) is 28.7 Å². The molecule has 0 aromatic carbocycles. The van der Waals surface area contributed by atoms with Gasteiger partial charge in [-0.3, -0.25) is 19.2 Å². The van der Waals surface area contributed by atoms with Crippen molar-refractivity contribution in [2.45, 2.75) is 77.5 Å². The van der Waals surface area contributed by atoms with Gasteiger partial charge in [-0.2, -0.15) is 0 Å². The lowest BCUT2D eigenvalue weighted by molar-refractivity contribution is -0.147. The zero-order valence-corrected chi connectivity index (χ0v) is 19.4. The van der Waals surface area contributed by atoms with E-state index in [9.17, 15) is 29.1 Å². The highest BCUT2D eigenvalue weighted by Gasteiger charge is 2.34. The Kier molecular flexibility index (Phi) is 11.1. The Hall–Kier alpha value is -2.69. The molecule has 1 saturated heterocycles. The molecule has 0 aliphatic carbocycles. The third-order valence-electron chi connectivity index (χ3n) is 5.43. The molecular formula is C21H36N4O7. The van der Waals surface area contributed by atoms with Gasteiger partial charge in [0.05, 0.1) is 13.7 Å². The number of hydrogen-bond donors (Lipinski definition) is 5. The van der Waals surface area contributed by atoms with E-state index in [2.05, 4.69) is 21.3 Å². The summed E-state index contributed by atoms with van der Waals surface area (Å²) in [6.07, 6.45) is 1.41. The van der Waals surface area contributed by atoms with Crippen LogP contribution in [0.25, 0.3) is 0 Å². The molecule has 5 N–H and O–H groups in total. The predicted molar refractivity (Wildman–Crippen MR) is 115 cm³/mol. The Morgan fingerprint density at radius 3 is 2.19 bits per heavy atom. The van der Waals surface area contributed by atoms with Crippen LogP contribution in [0.15, 0.2) is 0 Å². The molecule has 0 spiro atoms. The first-order chi connectivity index (χ1) is 15.0. The van der Waals surface area contributed by atoms with Gasteiger partial charge < -0.3 is 31.1 Å². The van der Waals surface area contributed by atoms with Crippen molar-refractivity contribution in [1.82, 2.24) is 21.3 Å². The minimum Gasteiger partial charge on any atom is -0.467 e. The van der Waals surface area contributed by atoms with Crippen LogP contribution in [-0.4, -0.2) is 72.6 Å². The van der Waals surface area contributed by atoms with Gasteiger partial charge in [-0.1, -0.05) is 34.1 Å². The maximum atomic E-state index is 12.9. The molecule has 4 amide bonds. The normalized spacial score (nSPS) is 19.3. The van der Waals surface area contributed by atoms with Crippen molar-refractivity contribution in [3.63, 3.8) is 0 Å². The van der Waals surface area contributed by atoms with Crippen molar-refractivity contribution in [2.24, 2.45) is 11.8 Å². The summed E-state index contributed by atoms with van der Waals surface area (Å²) in [5.41, 5.74) is 0. The molecule has 1 rings (SSSR count). The number of hydrogen-bond acceptors (Lipinski definition) is 7. The quantitative estimate of drug-likeness (QED) is 0.235. The molecule has 1 fully saturated rings. The van der Waals surface area contributed by atoms with Gasteiger partial charge in [0.25, 0.3) is 0 Å². The third kappa shape index (κ3) is 8.10. The average molecular weight is 457 g/mol. The molecule has 1 heterocycles. The van der Waals surface area contributed by atoms with Gasteiger partial charge in [-0.25, -0.2) is 4.79 Å². The molecule has 0 unspecified atom stereocenters. The lowest BCUT2D eigenvalue weighted by Gasteiger charge is -2.27. The summed E-state index contributed by atoms with van der Waals surface area (Å²) in [5.74, 6) is -2.89. The molecule has 0 bridgehead atoms. The van der Waals surface area contributed by atoms with Gasteiger partial charge in [0, 0.05) is 6.42 Å². The van der Waals surface area contributed by atoms with Crippen molar-refractivity contribution in [3.8, 4) is 0 Å². The minimum atomic E-state index is -1.30. The van der Waals surface area contributed by atoms with Gasteiger partial charge in [0.2, 0.25) is 23.6 Å². The molecular weight excluding hydrogens is 420 g/mol. The monoisotopic (exact) mass is 456 g/mol. The second-order valence-electron chi connectivity index (χ2n) is 8.49. The van der Waals surface area contributed by atoms with Crippen molar-refractivity contribution in [3.05, 3.63) is 0 Å². The lowest BCUT2D eigenvalue weighted by Crippen LogP contribution is -2.58. The average Bonchev–Trinajstić information content (AvgIpc) is 3.19. The van der Waals surface area contributed by atoms with Crippen LogP contribution in [0.1, 0.15) is 53.4 Å². The van der Waals surface area contributed by atoms with E-state index in [0.29, 0.717) is 12.8 Å². The summed E-state index contributed by atoms with van der Waals surface area (Å²) in [6.45, 7) is 6.73. The van der Waals surface area contributed by atoms with Crippen LogP contribution in [0.5, 0.6) is 0 Å². The SMILES string of the molecule is CC[C@@H](C)[C@@H](NC(=O)[C@@H](CC(C)C)NC(=O)[C@@H](CO)NC(=O)[C@@H]1CCC(=O)N1)C(=O)OC. The first-order valence-corrected chi connectivity index (χ1v) is 10.9. The summed E-state index contributed by atoms with van der Waals surface area (Å²) < 4.78 is 4.78. The predicted octanol–water partition coefficient (Wildman–Crippen LogP) is -1.02. The van der Waals surface area contributed by atoms with Gasteiger partial charge >= 0.3 is 5.97 Å². The number of amides is 4. The summed E-state index contributed by atoms with van der Waals surface area (Å²) in [6, 6.07) is -3.93. The molecule has 0 aromatic heterocycles. The fourth-order valence-electron chi connectivity index (χ4n) is 3.30. The molecule has 1 aliphatic heterocycles. The molecule has 0 radical (unpaired) electrons. The molecule has 5 atom stereocenters. The second-order valence-corrected chi connectivity index (χ2v) is 8.49. The lowest BCUT2D eigenvalue weighted by atomic mass is 9.97. The smallest absolute Gasteiger partial charge is 0.328 e. The highest BCUT2D eigenvalue weighted by molar-refractivity contribution is 5.96. The maximum absolute atomic E-state index is 12.9. The Bertz CT molecular complexity index is 698. The van der Waals surface area contributed by atoms with E-state index in [1.54, 1.807) is 6.92 Å². The summed E-state index contributed by atoms with van der Waals surface area (Å²) in [4.78, 5) is 61.3. The third-order valence-corrected chi connectivity index (χ3v) is 5.43. The van der Waals surface area contributed by atoms with Crippen molar-refractivity contribution >= 4 is 29.6 Å². The highest BCUT2D eigenvalue weighted by Crippen LogP contribution is 2.12. The Labute approximate surface area is 188 Å². The van der Waals surface area contributed by atoms with Crippen molar-refractivity contribution < 1.29 is 33.8 Å². The van der Waals surface area contributed by atoms with Crippen molar-refractivity contribution in [2.75, 3.05) is 13.7 Å². The van der Waals surface area contributed by atoms with E-state index in [1.165, 1.54) is 7.11 Å². The highest BCUT2D eigenvalue weighted by atomic mass is 16.5. The van der Waals surface area contributed by atoms with Crippen LogP contribution < -0.4 is 21.3 Å². The molecule has 0 saturated carbocycles. The summed E-state index contributed by atoms with van der Waals surface area (Å²) in [7, 11) is 1.23. The Morgan fingerprint density at radius 1 is 1.09 bits per heavy atom. The number of carbonyl (C=O) groups is 5. The van der Waals surface area contributed by atoms with E-state index < -0.39 is 54.5 Å². The fraction of sp³-hybridized carbons (Fsp3) is 0.762. The van der Waals surface area contributed by atoms with Gasteiger partial charge in [0.1, 0.15) is 24.2 Å². The zero-order valence-electron chi connectivity index (χ0n) is 19.4. The van der Waals surface area contributed by atoms with E-state index in [4.69, 9.17) is 4.74 Å². The van der Waals surface area contributed by atoms with Crippen LogP contribution in [0.4, 0.5) is 0 Å². The number of nitrogens with one attached hydrogen (secondary N) is 4. The van der Waals surface area contributed by atoms with Gasteiger partial charge in [0.15, 0.2) is 0 Å².